The highest BCUT2D eigenvalue weighted by Crippen LogP contribution is 2.65. The molecule has 4 atom stereocenters. The van der Waals surface area contributed by atoms with E-state index in [0.717, 1.165) is 65.7 Å². The summed E-state index contributed by atoms with van der Waals surface area (Å²) in [7, 11) is 10.4. The third-order valence-electron chi connectivity index (χ3n) is 19.8. The summed E-state index contributed by atoms with van der Waals surface area (Å²) < 4.78 is 46.9. The van der Waals surface area contributed by atoms with Crippen molar-refractivity contribution in [3.8, 4) is 56.3 Å². The van der Waals surface area contributed by atoms with Crippen LogP contribution < -0.4 is 22.8 Å². The Hall–Kier alpha value is -8.15. The average Bonchev–Trinajstić information content (AvgIpc) is 1.51. The molecule has 4 bridgehead atoms. The van der Waals surface area contributed by atoms with Gasteiger partial charge in [0.05, 0.1) is 0 Å². The van der Waals surface area contributed by atoms with E-state index in [-0.39, 0.29) is 5.41 Å². The lowest BCUT2D eigenvalue weighted by Crippen LogP contribution is -2.33. The minimum atomic E-state index is -0.680. The summed E-state index contributed by atoms with van der Waals surface area (Å²) in [5.74, 6) is -1.85. The summed E-state index contributed by atoms with van der Waals surface area (Å²) in [6, 6.07) is 54.1. The number of fused-ring (bicyclic) bond motifs is 10. The van der Waals surface area contributed by atoms with Gasteiger partial charge < -0.3 is 0 Å². The number of nitrogens with zero attached hydrogens (tertiary/aromatic N) is 5. The van der Waals surface area contributed by atoms with Crippen LogP contribution in [-0.2, 0) is 41.7 Å². The highest BCUT2D eigenvalue weighted by Gasteiger charge is 2.54. The first-order chi connectivity index (χ1) is 44.9. The van der Waals surface area contributed by atoms with Gasteiger partial charge in [0.15, 0.2) is 31.0 Å². The Morgan fingerprint density at radius 3 is 1.33 bits per heavy atom. The molecule has 0 N–H and O–H groups in total. The van der Waals surface area contributed by atoms with E-state index in [0.29, 0.717) is 12.3 Å². The third-order valence-corrected chi connectivity index (χ3v) is 19.8. The van der Waals surface area contributed by atoms with Crippen molar-refractivity contribution in [2.24, 2.45) is 40.7 Å². The number of hydrogen-bond acceptors (Lipinski definition) is 0. The van der Waals surface area contributed by atoms with Gasteiger partial charge in [-0.25, -0.2) is 22.8 Å². The van der Waals surface area contributed by atoms with Crippen LogP contribution in [0, 0.1) is 67.7 Å². The smallest absolute Gasteiger partial charge is 0.201 e. The van der Waals surface area contributed by atoms with Gasteiger partial charge in [-0.3, -0.25) is 0 Å². The number of hydrogen-bond donors (Lipinski definition) is 0. The Bertz CT molecular complexity index is 4490. The molecular formula is C86H104N5+5. The number of aryl methyl sites for hydroxylation is 15. The van der Waals surface area contributed by atoms with Crippen molar-refractivity contribution >= 4 is 0 Å². The van der Waals surface area contributed by atoms with Gasteiger partial charge in [-0.05, 0) is 234 Å². The molecule has 0 amide bonds. The molecule has 2 saturated carbocycles. The maximum atomic E-state index is 9.30. The van der Waals surface area contributed by atoms with Crippen molar-refractivity contribution < 1.29 is 28.3 Å². The Morgan fingerprint density at radius 1 is 0.418 bits per heavy atom. The predicted molar refractivity (Wildman–Crippen MR) is 379 cm³/mol. The molecular weight excluding hydrogens is 1100 g/mol. The SMILES string of the molecule is CCc1ccc(-c2ccc(C)c[n+]2C)c(C)c1.Cc1ccc(-c2ccc(C(C)C)cc2C)[n+](C)c1.Cc1ccc(-c2ccc(C)c[n+]2C)c(C)c1.[2H]C12CCC([2H])(C1)c1c2cc[n+](C)c1-c1ccccc1C.[2H]C12CCC([2H])(c3c1cc[n+](C)c3-c1ccccc1C)C2(C)C. The van der Waals surface area contributed by atoms with Crippen LogP contribution in [0.2, 0.25) is 0 Å². The zero-order valence-electron chi connectivity index (χ0n) is 62.4. The van der Waals surface area contributed by atoms with E-state index in [2.05, 4.69) is 331 Å². The molecule has 0 aliphatic heterocycles. The number of benzene rings is 5. The lowest BCUT2D eigenvalue weighted by molar-refractivity contribution is -0.661. The summed E-state index contributed by atoms with van der Waals surface area (Å²) in [5, 5.41) is 0. The molecule has 2 fully saturated rings. The summed E-state index contributed by atoms with van der Waals surface area (Å²) in [4.78, 5) is 0. The Kier molecular flexibility index (Phi) is 18.4. The topological polar surface area (TPSA) is 19.4 Å². The van der Waals surface area contributed by atoms with Gasteiger partial charge in [0, 0.05) is 91.4 Å². The molecule has 5 heterocycles. The fraction of sp³-hybridized carbons (Fsp3) is 0.360. The molecule has 0 radical (unpaired) electrons. The van der Waals surface area contributed by atoms with Crippen LogP contribution in [0.25, 0.3) is 56.3 Å². The maximum Gasteiger partial charge on any atom is 0.216 e. The fourth-order valence-electron chi connectivity index (χ4n) is 14.7. The lowest BCUT2D eigenvalue weighted by Gasteiger charge is -2.24. The molecule has 0 saturated heterocycles. The summed E-state index contributed by atoms with van der Waals surface area (Å²) >= 11 is 0. The maximum absolute atomic E-state index is 9.30. The van der Waals surface area contributed by atoms with Gasteiger partial charge in [-0.2, -0.15) is 0 Å². The molecule has 4 aliphatic rings. The predicted octanol–water partition coefficient (Wildman–Crippen LogP) is 18.7. The Labute approximate surface area is 553 Å². The summed E-state index contributed by atoms with van der Waals surface area (Å²) in [6.07, 6.45) is 15.6. The van der Waals surface area contributed by atoms with E-state index in [1.165, 1.54) is 106 Å². The fourth-order valence-corrected chi connectivity index (χ4v) is 14.7. The van der Waals surface area contributed by atoms with E-state index >= 15 is 0 Å². The van der Waals surface area contributed by atoms with Gasteiger partial charge in [-0.15, -0.1) is 0 Å². The van der Waals surface area contributed by atoms with Crippen LogP contribution in [0.4, 0.5) is 0 Å². The van der Waals surface area contributed by atoms with Gasteiger partial charge in [-0.1, -0.05) is 113 Å². The van der Waals surface area contributed by atoms with Crippen LogP contribution in [0.3, 0.4) is 0 Å². The monoisotopic (exact) mass is 1210 g/mol. The second-order valence-electron chi connectivity index (χ2n) is 27.4. The highest BCUT2D eigenvalue weighted by atomic mass is 14.9. The summed E-state index contributed by atoms with van der Waals surface area (Å²) in [5.41, 5.74) is 30.9. The zero-order chi connectivity index (χ0) is 68.9. The van der Waals surface area contributed by atoms with Crippen LogP contribution in [0.5, 0.6) is 0 Å². The Morgan fingerprint density at radius 2 is 0.857 bits per heavy atom. The molecule has 5 heteroatoms. The molecule has 0 spiro atoms. The van der Waals surface area contributed by atoms with Crippen molar-refractivity contribution in [1.82, 2.24) is 0 Å². The van der Waals surface area contributed by atoms with Crippen molar-refractivity contribution in [2.75, 3.05) is 0 Å². The van der Waals surface area contributed by atoms with Gasteiger partial charge in [0.25, 0.3) is 0 Å². The van der Waals surface area contributed by atoms with Crippen molar-refractivity contribution in [1.29, 1.82) is 0 Å². The van der Waals surface area contributed by atoms with E-state index in [9.17, 15) is 1.37 Å². The molecule has 91 heavy (non-hydrogen) atoms. The van der Waals surface area contributed by atoms with Crippen molar-refractivity contribution in [2.45, 2.75) is 165 Å². The summed E-state index contributed by atoms with van der Waals surface area (Å²) in [6.45, 7) is 30.2. The molecule has 5 aromatic heterocycles. The van der Waals surface area contributed by atoms with Crippen molar-refractivity contribution in [3.63, 3.8) is 0 Å². The molecule has 10 aromatic rings. The molecule has 4 unspecified atom stereocenters. The van der Waals surface area contributed by atoms with Gasteiger partial charge in [0.2, 0.25) is 28.5 Å². The molecule has 5 aromatic carbocycles. The average molecular weight is 1210 g/mol. The van der Waals surface area contributed by atoms with E-state index < -0.39 is 23.6 Å². The van der Waals surface area contributed by atoms with Crippen LogP contribution in [0.1, 0.15) is 185 Å². The van der Waals surface area contributed by atoms with Crippen molar-refractivity contribution in [3.05, 3.63) is 266 Å². The zero-order valence-corrected chi connectivity index (χ0v) is 58.4. The van der Waals surface area contributed by atoms with Gasteiger partial charge >= 0.3 is 0 Å². The largest absolute Gasteiger partial charge is 0.216 e. The van der Waals surface area contributed by atoms with E-state index in [1.54, 1.807) is 0 Å². The third kappa shape index (κ3) is 13.9. The molecule has 14 rings (SSSR count). The number of rotatable bonds is 7. The second-order valence-corrected chi connectivity index (χ2v) is 27.4. The minimum absolute atomic E-state index is 0.367. The Balaban J connectivity index is 0.000000130. The standard InChI is InChI=1S/C20H24N.C18H20N.C17H22N.C16H20N.C15H18N/c1-13-7-5-6-8-14(13)19-18-15(11-12-21(19)4)16-9-10-17(18)20(16,2)3;1-12-5-3-4-6-15(12)18-17-14-8-7-13(11-14)16(17)9-10-19(18)2;1-12(2)15-7-8-16(14(4)10-15)17-9-6-13(3)11-18(17)5;1-5-14-7-8-15(13(3)10-14)16-9-6-12(2)11-17(16)4;1-11-5-7-14(13(3)9-11)15-8-6-12(2)10-16(15)4/h5-8,11-12,16-17H,9-10H2,1-4H3;3-6,9-10,13-14H,7-8,11H2,1-2H3;6-12H,1-5H3;6-11H,5H2,1-4H3;5-10H,1-4H3/q5*+1/i16D,17D;13D,14D;;;. The highest BCUT2D eigenvalue weighted by molar-refractivity contribution is 5.70. The number of aromatic nitrogens is 5. The van der Waals surface area contributed by atoms with E-state index in [4.69, 9.17) is 4.11 Å². The first kappa shape index (κ1) is 60.4. The first-order valence-electron chi connectivity index (χ1n) is 35.2. The molecule has 4 aliphatic carbocycles. The lowest BCUT2D eigenvalue weighted by atomic mass is 9.79. The van der Waals surface area contributed by atoms with Gasteiger partial charge in [0.1, 0.15) is 35.2 Å². The van der Waals surface area contributed by atoms with Crippen LogP contribution in [0.15, 0.2) is 183 Å². The quantitative estimate of drug-likeness (QED) is 0.142. The van der Waals surface area contributed by atoms with E-state index in [1.807, 2.05) is 7.05 Å². The number of pyridine rings is 5. The minimum Gasteiger partial charge on any atom is -0.201 e. The van der Waals surface area contributed by atoms with Crippen LogP contribution >= 0.6 is 0 Å². The molecule has 468 valence electrons. The van der Waals surface area contributed by atoms with Crippen LogP contribution in [-0.4, -0.2) is 0 Å². The second kappa shape index (κ2) is 27.8. The first-order valence-corrected chi connectivity index (χ1v) is 33.2. The molecule has 5 nitrogen and oxygen atoms in total. The normalized spacial score (nSPS) is 20.6.